The van der Waals surface area contributed by atoms with Gasteiger partial charge in [-0.2, -0.15) is 4.31 Å². The highest BCUT2D eigenvalue weighted by molar-refractivity contribution is 7.89. The Labute approximate surface area is 174 Å². The third kappa shape index (κ3) is 5.15. The topological polar surface area (TPSA) is 128 Å². The number of sulfonamides is 1. The summed E-state index contributed by atoms with van der Waals surface area (Å²) in [5, 5.41) is 2.66. The molecule has 1 atom stereocenters. The number of anilines is 1. The van der Waals surface area contributed by atoms with E-state index in [4.69, 9.17) is 15.2 Å². The minimum atomic E-state index is -3.67. The average Bonchev–Trinajstić information content (AvgIpc) is 2.75. The molecule has 1 fully saturated rings. The van der Waals surface area contributed by atoms with Gasteiger partial charge in [-0.3, -0.25) is 9.59 Å². The Morgan fingerprint density at radius 2 is 1.80 bits per heavy atom. The van der Waals surface area contributed by atoms with Crippen LogP contribution in [-0.4, -0.2) is 56.9 Å². The van der Waals surface area contributed by atoms with Crippen LogP contribution in [0, 0.1) is 0 Å². The van der Waals surface area contributed by atoms with Crippen LogP contribution in [0.3, 0.4) is 0 Å². The lowest BCUT2D eigenvalue weighted by Gasteiger charge is -2.26. The van der Waals surface area contributed by atoms with E-state index in [-0.39, 0.29) is 4.90 Å². The third-order valence-electron chi connectivity index (χ3n) is 4.53. The van der Waals surface area contributed by atoms with Crippen LogP contribution < -0.4 is 15.8 Å². The molecule has 1 saturated heterocycles. The molecule has 0 unspecified atom stereocenters. The van der Waals surface area contributed by atoms with Crippen LogP contribution in [0.5, 0.6) is 5.75 Å². The van der Waals surface area contributed by atoms with Gasteiger partial charge >= 0.3 is 0 Å². The zero-order valence-corrected chi connectivity index (χ0v) is 17.2. The van der Waals surface area contributed by atoms with Gasteiger partial charge < -0.3 is 20.5 Å². The predicted octanol–water partition coefficient (Wildman–Crippen LogP) is 1.21. The number of nitrogens with one attached hydrogen (secondary N) is 1. The zero-order chi connectivity index (χ0) is 21.7. The fourth-order valence-corrected chi connectivity index (χ4v) is 4.32. The van der Waals surface area contributed by atoms with Gasteiger partial charge in [-0.05, 0) is 49.4 Å². The fraction of sp³-hybridized carbons (Fsp3) is 0.300. The molecule has 1 aliphatic rings. The molecule has 2 amide bonds. The Balaban J connectivity index is 1.66. The van der Waals surface area contributed by atoms with Gasteiger partial charge in [-0.25, -0.2) is 8.42 Å². The van der Waals surface area contributed by atoms with Crippen molar-refractivity contribution in [1.29, 1.82) is 0 Å². The first-order chi connectivity index (χ1) is 14.3. The summed E-state index contributed by atoms with van der Waals surface area (Å²) < 4.78 is 37.7. The second kappa shape index (κ2) is 9.24. The second-order valence-corrected chi connectivity index (χ2v) is 8.62. The Morgan fingerprint density at radius 1 is 1.13 bits per heavy atom. The molecule has 160 valence electrons. The third-order valence-corrected chi connectivity index (χ3v) is 6.42. The molecule has 0 radical (unpaired) electrons. The van der Waals surface area contributed by atoms with Crippen molar-refractivity contribution in [3.05, 3.63) is 54.1 Å². The van der Waals surface area contributed by atoms with Gasteiger partial charge in [0, 0.05) is 24.3 Å². The average molecular weight is 433 g/mol. The summed E-state index contributed by atoms with van der Waals surface area (Å²) >= 11 is 0. The number of hydrogen-bond donors (Lipinski definition) is 2. The van der Waals surface area contributed by atoms with Crippen molar-refractivity contribution in [3.63, 3.8) is 0 Å². The highest BCUT2D eigenvalue weighted by atomic mass is 32.2. The highest BCUT2D eigenvalue weighted by Crippen LogP contribution is 2.21. The maximum atomic E-state index is 12.8. The van der Waals surface area contributed by atoms with Gasteiger partial charge in [-0.1, -0.05) is 6.07 Å². The number of carbonyl (C=O) groups is 2. The van der Waals surface area contributed by atoms with Crippen molar-refractivity contribution in [2.75, 3.05) is 31.6 Å². The first-order valence-electron chi connectivity index (χ1n) is 9.33. The number of nitrogens with zero attached hydrogens (tertiary/aromatic N) is 1. The summed E-state index contributed by atoms with van der Waals surface area (Å²) in [6.45, 7) is 2.85. The first-order valence-corrected chi connectivity index (χ1v) is 10.8. The molecule has 0 spiro atoms. The van der Waals surface area contributed by atoms with Crippen molar-refractivity contribution < 1.29 is 27.5 Å². The normalized spacial score (nSPS) is 15.9. The smallest absolute Gasteiger partial charge is 0.265 e. The van der Waals surface area contributed by atoms with Crippen molar-refractivity contribution >= 4 is 27.5 Å². The van der Waals surface area contributed by atoms with E-state index >= 15 is 0 Å². The second-order valence-electron chi connectivity index (χ2n) is 6.68. The van der Waals surface area contributed by atoms with Crippen molar-refractivity contribution in [3.8, 4) is 5.75 Å². The van der Waals surface area contributed by atoms with Crippen molar-refractivity contribution in [2.45, 2.75) is 17.9 Å². The van der Waals surface area contributed by atoms with Crippen LogP contribution in [0.2, 0.25) is 0 Å². The lowest BCUT2D eigenvalue weighted by molar-refractivity contribution is -0.122. The van der Waals surface area contributed by atoms with Gasteiger partial charge in [0.25, 0.3) is 5.91 Å². The summed E-state index contributed by atoms with van der Waals surface area (Å²) in [6.07, 6.45) is -0.857. The van der Waals surface area contributed by atoms with E-state index in [1.807, 2.05) is 0 Å². The summed E-state index contributed by atoms with van der Waals surface area (Å²) in [5.74, 6) is -0.611. The van der Waals surface area contributed by atoms with Gasteiger partial charge in [0.05, 0.1) is 18.1 Å². The Bertz CT molecular complexity index is 1020. The number of carbonyl (C=O) groups excluding carboxylic acids is 2. The molecule has 0 bridgehead atoms. The molecule has 2 aromatic rings. The Kier molecular flexibility index (Phi) is 6.70. The van der Waals surface area contributed by atoms with E-state index in [0.29, 0.717) is 43.3 Å². The molecule has 0 aromatic heterocycles. The van der Waals surface area contributed by atoms with Crippen molar-refractivity contribution in [2.24, 2.45) is 5.73 Å². The monoisotopic (exact) mass is 433 g/mol. The highest BCUT2D eigenvalue weighted by Gasteiger charge is 2.26. The standard InChI is InChI=1S/C20H23N3O6S/c1-14(29-17-7-5-15(6-8-17)19(21)24)20(25)22-16-3-2-4-18(13-16)30(26,27)23-9-11-28-12-10-23/h2-8,13-14H,9-12H2,1H3,(H2,21,24)(H,22,25)/t14-/m1/s1. The van der Waals surface area contributed by atoms with Crippen molar-refractivity contribution in [1.82, 2.24) is 4.31 Å². The van der Waals surface area contributed by atoms with Crippen LogP contribution in [0.1, 0.15) is 17.3 Å². The number of benzene rings is 2. The molecular weight excluding hydrogens is 410 g/mol. The van der Waals surface area contributed by atoms with Crippen LogP contribution in [0.4, 0.5) is 5.69 Å². The molecule has 30 heavy (non-hydrogen) atoms. The van der Waals surface area contributed by atoms with Crippen LogP contribution in [0.25, 0.3) is 0 Å². The fourth-order valence-electron chi connectivity index (χ4n) is 2.87. The molecule has 1 aliphatic heterocycles. The molecule has 3 rings (SSSR count). The summed E-state index contributed by atoms with van der Waals surface area (Å²) in [4.78, 5) is 23.7. The largest absolute Gasteiger partial charge is 0.481 e. The minimum Gasteiger partial charge on any atom is -0.481 e. The quantitative estimate of drug-likeness (QED) is 0.676. The summed E-state index contributed by atoms with van der Waals surface area (Å²) in [6, 6.07) is 12.2. The first kappa shape index (κ1) is 21.8. The SMILES string of the molecule is C[C@@H](Oc1ccc(C(N)=O)cc1)C(=O)Nc1cccc(S(=O)(=O)N2CCOCC2)c1. The van der Waals surface area contributed by atoms with E-state index in [1.165, 1.54) is 28.6 Å². The van der Waals surface area contributed by atoms with E-state index in [0.717, 1.165) is 0 Å². The Morgan fingerprint density at radius 3 is 2.43 bits per heavy atom. The maximum absolute atomic E-state index is 12.8. The molecular formula is C20H23N3O6S. The molecule has 2 aromatic carbocycles. The van der Waals surface area contributed by atoms with Crippen LogP contribution >= 0.6 is 0 Å². The number of amides is 2. The summed E-state index contributed by atoms with van der Waals surface area (Å²) in [7, 11) is -3.67. The van der Waals surface area contributed by atoms with Gasteiger partial charge in [0.15, 0.2) is 6.10 Å². The number of primary amides is 1. The van der Waals surface area contributed by atoms with Crippen LogP contribution in [0.15, 0.2) is 53.4 Å². The van der Waals surface area contributed by atoms with E-state index < -0.39 is 27.9 Å². The number of ether oxygens (including phenoxy) is 2. The van der Waals surface area contributed by atoms with Gasteiger partial charge in [0.1, 0.15) is 5.75 Å². The number of morpholine rings is 1. The molecule has 0 aliphatic carbocycles. The maximum Gasteiger partial charge on any atom is 0.265 e. The Hall–Kier alpha value is -2.95. The van der Waals surface area contributed by atoms with E-state index in [1.54, 1.807) is 31.2 Å². The molecule has 3 N–H and O–H groups in total. The van der Waals surface area contributed by atoms with E-state index in [9.17, 15) is 18.0 Å². The number of hydrogen-bond acceptors (Lipinski definition) is 6. The van der Waals surface area contributed by atoms with E-state index in [2.05, 4.69) is 5.32 Å². The minimum absolute atomic E-state index is 0.0952. The summed E-state index contributed by atoms with van der Waals surface area (Å²) in [5.41, 5.74) is 5.87. The molecule has 10 heteroatoms. The zero-order valence-electron chi connectivity index (χ0n) is 16.4. The van der Waals surface area contributed by atoms with Gasteiger partial charge in [-0.15, -0.1) is 0 Å². The molecule has 1 heterocycles. The number of nitrogens with two attached hydrogens (primary N) is 1. The predicted molar refractivity (Wildman–Crippen MR) is 110 cm³/mol. The van der Waals surface area contributed by atoms with Gasteiger partial charge in [0.2, 0.25) is 15.9 Å². The van der Waals surface area contributed by atoms with Crippen LogP contribution in [-0.2, 0) is 19.6 Å². The molecule has 9 nitrogen and oxygen atoms in total. The molecule has 0 saturated carbocycles. The lowest BCUT2D eigenvalue weighted by Crippen LogP contribution is -2.40. The lowest BCUT2D eigenvalue weighted by atomic mass is 10.2. The number of rotatable bonds is 7.